The maximum atomic E-state index is 14.5. The third-order valence-electron chi connectivity index (χ3n) is 7.54. The second-order valence-corrected chi connectivity index (χ2v) is 12.5. The van der Waals surface area contributed by atoms with Gasteiger partial charge in [0, 0.05) is 18.7 Å². The summed E-state index contributed by atoms with van der Waals surface area (Å²) in [6, 6.07) is 18.4. The number of nitrogens with zero attached hydrogens (tertiary/aromatic N) is 4. The first kappa shape index (κ1) is 32.0. The minimum absolute atomic E-state index is 0.145. The van der Waals surface area contributed by atoms with E-state index >= 15 is 0 Å². The van der Waals surface area contributed by atoms with Crippen LogP contribution >= 0.6 is 0 Å². The molecule has 2 aromatic carbocycles. The highest BCUT2D eigenvalue weighted by Crippen LogP contribution is 2.45. The molecule has 1 aliphatic heterocycles. The van der Waals surface area contributed by atoms with Crippen LogP contribution in [0.3, 0.4) is 0 Å². The van der Waals surface area contributed by atoms with Crippen molar-refractivity contribution in [2.45, 2.75) is 37.5 Å². The van der Waals surface area contributed by atoms with Gasteiger partial charge in [-0.1, -0.05) is 42.5 Å². The zero-order chi connectivity index (χ0) is 32.6. The number of carboxylic acids is 1. The molecule has 0 radical (unpaired) electrons. The molecular formula is C30H27F5N4O5S. The molecule has 4 aromatic rings. The molecule has 0 bridgehead atoms. The zero-order valence-electron chi connectivity index (χ0n) is 23.7. The second-order valence-electron chi connectivity index (χ2n) is 10.5. The van der Waals surface area contributed by atoms with E-state index in [1.807, 2.05) is 24.3 Å². The van der Waals surface area contributed by atoms with Crippen molar-refractivity contribution >= 4 is 16.0 Å². The van der Waals surface area contributed by atoms with Crippen LogP contribution in [0.2, 0.25) is 0 Å². The van der Waals surface area contributed by atoms with Crippen molar-refractivity contribution in [1.29, 1.82) is 0 Å². The van der Waals surface area contributed by atoms with Gasteiger partial charge in [-0.05, 0) is 54.2 Å². The number of pyridine rings is 1. The Balaban J connectivity index is 1.36. The molecule has 3 heterocycles. The van der Waals surface area contributed by atoms with E-state index in [0.29, 0.717) is 43.4 Å². The number of ether oxygens (including phenoxy) is 1. The highest BCUT2D eigenvalue weighted by Gasteiger charge is 2.62. The predicted octanol–water partition coefficient (Wildman–Crippen LogP) is 6.00. The predicted molar refractivity (Wildman–Crippen MR) is 153 cm³/mol. The Bertz CT molecular complexity index is 1800. The Kier molecular flexibility index (Phi) is 8.68. The van der Waals surface area contributed by atoms with Gasteiger partial charge in [-0.25, -0.2) is 27.2 Å². The first-order valence-corrected chi connectivity index (χ1v) is 15.5. The summed E-state index contributed by atoms with van der Waals surface area (Å²) < 4.78 is 100. The Morgan fingerprint density at radius 2 is 1.64 bits per heavy atom. The molecule has 1 fully saturated rings. The Morgan fingerprint density at radius 1 is 0.978 bits per heavy atom. The second kappa shape index (κ2) is 12.2. The van der Waals surface area contributed by atoms with Crippen molar-refractivity contribution in [2.24, 2.45) is 0 Å². The minimum Gasteiger partial charge on any atom is -0.488 e. The Hall–Kier alpha value is -4.37. The third kappa shape index (κ3) is 6.68. The largest absolute Gasteiger partial charge is 0.488 e. The first-order valence-electron chi connectivity index (χ1n) is 13.7. The van der Waals surface area contributed by atoms with Crippen LogP contribution in [-0.4, -0.2) is 64.1 Å². The average Bonchev–Trinajstić information content (AvgIpc) is 3.46. The molecule has 9 nitrogen and oxygen atoms in total. The van der Waals surface area contributed by atoms with Crippen molar-refractivity contribution < 1.29 is 45.0 Å². The molecular weight excluding hydrogens is 623 g/mol. The van der Waals surface area contributed by atoms with E-state index in [-0.39, 0.29) is 22.9 Å². The molecule has 1 aliphatic rings. The number of halogens is 5. The number of alkyl halides is 5. The van der Waals surface area contributed by atoms with E-state index < -0.39 is 45.2 Å². The number of aromatic carboxylic acids is 1. The summed E-state index contributed by atoms with van der Waals surface area (Å²) >= 11 is 0. The summed E-state index contributed by atoms with van der Waals surface area (Å²) in [6.45, 7) is 1.08. The summed E-state index contributed by atoms with van der Waals surface area (Å²) in [5, 5.41) is 12.8. The molecule has 0 saturated carbocycles. The van der Waals surface area contributed by atoms with Crippen LogP contribution in [0.15, 0.2) is 72.9 Å². The molecule has 0 aliphatic carbocycles. The van der Waals surface area contributed by atoms with Gasteiger partial charge in [0.15, 0.2) is 5.82 Å². The summed E-state index contributed by atoms with van der Waals surface area (Å²) in [6.07, 6.45) is -3.02. The van der Waals surface area contributed by atoms with Crippen molar-refractivity contribution in [1.82, 2.24) is 19.1 Å². The number of sulfonamides is 1. The standard InChI is InChI=1S/C30H27F5N4O5S/c1-45(42,43)38-15-13-21(14-16-38)20-11-9-19(10-12-20)18-44-25-7-3-2-5-22(25)24-6-4-8-26(37-24)39-27(23(17-36-39)28(40)41)29(31,32)30(33,34)35/h2-12,17,21H,13-16,18H2,1H3,(H,40,41). The lowest BCUT2D eigenvalue weighted by atomic mass is 9.90. The number of piperidine rings is 1. The van der Waals surface area contributed by atoms with E-state index in [1.54, 1.807) is 24.3 Å². The fourth-order valence-corrected chi connectivity index (χ4v) is 6.05. The van der Waals surface area contributed by atoms with Crippen LogP contribution in [0.5, 0.6) is 5.75 Å². The monoisotopic (exact) mass is 650 g/mol. The number of aromatic nitrogens is 3. The summed E-state index contributed by atoms with van der Waals surface area (Å²) in [5.74, 6) is -7.40. The average molecular weight is 651 g/mol. The molecule has 0 amide bonds. The van der Waals surface area contributed by atoms with Crippen molar-refractivity contribution in [3.63, 3.8) is 0 Å². The van der Waals surface area contributed by atoms with Gasteiger partial charge in [-0.15, -0.1) is 0 Å². The molecule has 0 atom stereocenters. The molecule has 1 saturated heterocycles. The summed E-state index contributed by atoms with van der Waals surface area (Å²) in [7, 11) is -3.21. The topological polar surface area (TPSA) is 115 Å². The van der Waals surface area contributed by atoms with Gasteiger partial charge >= 0.3 is 18.1 Å². The molecule has 1 N–H and O–H groups in total. The smallest absolute Gasteiger partial charge is 0.459 e. The fourth-order valence-electron chi connectivity index (χ4n) is 5.18. The maximum absolute atomic E-state index is 14.5. The van der Waals surface area contributed by atoms with Gasteiger partial charge in [0.05, 0.1) is 18.1 Å². The normalized spacial score (nSPS) is 15.2. The van der Waals surface area contributed by atoms with Crippen LogP contribution in [0.4, 0.5) is 22.0 Å². The number of para-hydroxylation sites is 1. The van der Waals surface area contributed by atoms with Crippen molar-refractivity contribution in [2.75, 3.05) is 19.3 Å². The summed E-state index contributed by atoms with van der Waals surface area (Å²) in [4.78, 5) is 15.7. The van der Waals surface area contributed by atoms with Crippen LogP contribution < -0.4 is 4.74 Å². The molecule has 0 spiro atoms. The number of carboxylic acid groups (broad SMARTS) is 1. The lowest BCUT2D eigenvalue weighted by Crippen LogP contribution is -2.37. The lowest BCUT2D eigenvalue weighted by Gasteiger charge is -2.30. The number of rotatable bonds is 9. The number of carbonyl (C=O) groups is 1. The molecule has 0 unspecified atom stereocenters. The van der Waals surface area contributed by atoms with Gasteiger partial charge in [0.2, 0.25) is 10.0 Å². The van der Waals surface area contributed by atoms with Crippen LogP contribution in [0, 0.1) is 0 Å². The number of hydrogen-bond acceptors (Lipinski definition) is 6. The SMILES string of the molecule is CS(=O)(=O)N1CCC(c2ccc(COc3ccccc3-c3cccc(-n4ncc(C(=O)O)c4C(F)(F)C(F)(F)F)n3)cc2)CC1. The highest BCUT2D eigenvalue weighted by molar-refractivity contribution is 7.88. The molecule has 45 heavy (non-hydrogen) atoms. The van der Waals surface area contributed by atoms with Gasteiger partial charge in [0.1, 0.15) is 23.6 Å². The zero-order valence-corrected chi connectivity index (χ0v) is 24.5. The molecule has 2 aromatic heterocycles. The third-order valence-corrected chi connectivity index (χ3v) is 8.84. The summed E-state index contributed by atoms with van der Waals surface area (Å²) in [5.41, 5.74) is -0.676. The van der Waals surface area contributed by atoms with Crippen LogP contribution in [-0.2, 0) is 22.6 Å². The fraction of sp³-hybridized carbons (Fsp3) is 0.300. The Labute approximate surface area is 254 Å². The minimum atomic E-state index is -6.08. The maximum Gasteiger partial charge on any atom is 0.459 e. The van der Waals surface area contributed by atoms with Crippen LogP contribution in [0.25, 0.3) is 17.1 Å². The van der Waals surface area contributed by atoms with Crippen molar-refractivity contribution in [3.05, 3.63) is 95.3 Å². The van der Waals surface area contributed by atoms with E-state index in [2.05, 4.69) is 10.1 Å². The van der Waals surface area contributed by atoms with Crippen LogP contribution in [0.1, 0.15) is 45.9 Å². The Morgan fingerprint density at radius 3 is 2.27 bits per heavy atom. The number of benzene rings is 2. The van der Waals surface area contributed by atoms with Gasteiger partial charge < -0.3 is 9.84 Å². The van der Waals surface area contributed by atoms with Gasteiger partial charge in [-0.2, -0.15) is 27.1 Å². The van der Waals surface area contributed by atoms with E-state index in [1.165, 1.54) is 22.7 Å². The van der Waals surface area contributed by atoms with E-state index in [9.17, 15) is 40.3 Å². The molecule has 238 valence electrons. The highest BCUT2D eigenvalue weighted by atomic mass is 32.2. The quantitative estimate of drug-likeness (QED) is 0.221. The van der Waals surface area contributed by atoms with E-state index in [4.69, 9.17) is 4.74 Å². The van der Waals surface area contributed by atoms with Gasteiger partial charge in [0.25, 0.3) is 0 Å². The molecule has 5 rings (SSSR count). The van der Waals surface area contributed by atoms with Gasteiger partial charge in [-0.3, -0.25) is 0 Å². The van der Waals surface area contributed by atoms with Crippen molar-refractivity contribution in [3.8, 4) is 22.8 Å². The number of hydrogen-bond donors (Lipinski definition) is 1. The first-order chi connectivity index (χ1) is 21.2. The lowest BCUT2D eigenvalue weighted by molar-refractivity contribution is -0.291. The van der Waals surface area contributed by atoms with E-state index in [0.717, 1.165) is 17.2 Å². The molecule has 15 heteroatoms.